The average Bonchev–Trinajstić information content (AvgIpc) is 2.97. The van der Waals surface area contributed by atoms with Gasteiger partial charge in [-0.1, -0.05) is 33.6 Å². The van der Waals surface area contributed by atoms with Crippen LogP contribution in [0.5, 0.6) is 0 Å². The zero-order valence-electron chi connectivity index (χ0n) is 16.3. The molecule has 2 saturated heterocycles. The van der Waals surface area contributed by atoms with Crippen LogP contribution in [0.1, 0.15) is 85.0 Å². The summed E-state index contributed by atoms with van der Waals surface area (Å²) in [4.78, 5) is 2.61. The first-order valence-corrected chi connectivity index (χ1v) is 10.6. The first-order valence-electron chi connectivity index (χ1n) is 10.6. The molecule has 0 aromatic rings. The first kappa shape index (κ1) is 18.7. The van der Waals surface area contributed by atoms with Crippen molar-refractivity contribution < 1.29 is 9.47 Å². The van der Waals surface area contributed by atoms with Gasteiger partial charge in [0.2, 0.25) is 0 Å². The van der Waals surface area contributed by atoms with Gasteiger partial charge in [-0.05, 0) is 62.9 Å². The second-order valence-corrected chi connectivity index (χ2v) is 9.17. The smallest absolute Gasteiger partial charge is 0.168 e. The van der Waals surface area contributed by atoms with Crippen molar-refractivity contribution in [3.63, 3.8) is 0 Å². The summed E-state index contributed by atoms with van der Waals surface area (Å²) in [7, 11) is 0. The summed E-state index contributed by atoms with van der Waals surface area (Å²) in [5.41, 5.74) is 0.475. The molecule has 2 heterocycles. The van der Waals surface area contributed by atoms with Crippen molar-refractivity contribution >= 4 is 0 Å². The van der Waals surface area contributed by atoms with Gasteiger partial charge < -0.3 is 14.4 Å². The lowest BCUT2D eigenvalue weighted by Crippen LogP contribution is -2.39. The molecular formula is C21H39NO2. The fourth-order valence-electron chi connectivity index (χ4n) is 5.22. The van der Waals surface area contributed by atoms with E-state index in [9.17, 15) is 0 Å². The highest BCUT2D eigenvalue weighted by molar-refractivity contribution is 4.90. The van der Waals surface area contributed by atoms with Crippen LogP contribution >= 0.6 is 0 Å². The van der Waals surface area contributed by atoms with E-state index in [-0.39, 0.29) is 5.79 Å². The maximum Gasteiger partial charge on any atom is 0.168 e. The Kier molecular flexibility index (Phi) is 6.26. The molecule has 3 aliphatic rings. The summed E-state index contributed by atoms with van der Waals surface area (Å²) in [6.45, 7) is 11.8. The minimum Gasteiger partial charge on any atom is -0.347 e. The number of nitrogens with zero attached hydrogens (tertiary/aromatic N) is 1. The fourth-order valence-corrected chi connectivity index (χ4v) is 5.22. The molecule has 3 nitrogen and oxygen atoms in total. The summed E-state index contributed by atoms with van der Waals surface area (Å²) in [5.74, 6) is 0.605. The normalized spacial score (nSPS) is 35.6. The van der Waals surface area contributed by atoms with Crippen LogP contribution in [0.25, 0.3) is 0 Å². The Morgan fingerprint density at radius 1 is 1.08 bits per heavy atom. The molecule has 0 N–H and O–H groups in total. The molecule has 1 atom stereocenters. The Bertz CT molecular complexity index is 381. The third kappa shape index (κ3) is 4.53. The van der Waals surface area contributed by atoms with Gasteiger partial charge in [-0.3, -0.25) is 0 Å². The van der Waals surface area contributed by atoms with E-state index >= 15 is 0 Å². The molecule has 1 aliphatic carbocycles. The number of rotatable bonds is 6. The van der Waals surface area contributed by atoms with Crippen LogP contribution in [0.2, 0.25) is 0 Å². The van der Waals surface area contributed by atoms with Crippen molar-refractivity contribution in [2.24, 2.45) is 11.3 Å². The quantitative estimate of drug-likeness (QED) is 0.681. The highest BCUT2D eigenvalue weighted by Gasteiger charge is 2.46. The van der Waals surface area contributed by atoms with Crippen molar-refractivity contribution in [3.8, 4) is 0 Å². The Morgan fingerprint density at radius 2 is 1.79 bits per heavy atom. The Labute approximate surface area is 149 Å². The van der Waals surface area contributed by atoms with Gasteiger partial charge in [0.05, 0.1) is 12.7 Å². The number of hydrogen-bond acceptors (Lipinski definition) is 3. The number of likely N-dealkylation sites (tertiary alicyclic amines) is 1. The van der Waals surface area contributed by atoms with Crippen LogP contribution in [0.3, 0.4) is 0 Å². The van der Waals surface area contributed by atoms with E-state index in [0.29, 0.717) is 11.5 Å². The maximum atomic E-state index is 6.45. The van der Waals surface area contributed by atoms with Gasteiger partial charge in [0.25, 0.3) is 0 Å². The zero-order chi connectivity index (χ0) is 17.0. The van der Waals surface area contributed by atoms with Crippen LogP contribution < -0.4 is 0 Å². The number of piperidine rings is 1. The lowest BCUT2D eigenvalue weighted by atomic mass is 9.68. The summed E-state index contributed by atoms with van der Waals surface area (Å²) < 4.78 is 12.7. The average molecular weight is 338 g/mol. The van der Waals surface area contributed by atoms with E-state index in [2.05, 4.69) is 25.7 Å². The SMILES string of the molecule is CCCC(C)(C)C1CCC2(CC1)OCC(CCN1CCCCC1)O2. The van der Waals surface area contributed by atoms with Crippen LogP contribution in [0, 0.1) is 11.3 Å². The van der Waals surface area contributed by atoms with Crippen molar-refractivity contribution in [3.05, 3.63) is 0 Å². The van der Waals surface area contributed by atoms with Crippen molar-refractivity contribution in [2.45, 2.75) is 96.9 Å². The highest BCUT2D eigenvalue weighted by atomic mass is 16.7. The van der Waals surface area contributed by atoms with Crippen LogP contribution in [-0.2, 0) is 9.47 Å². The third-order valence-electron chi connectivity index (χ3n) is 6.88. The standard InChI is InChI=1S/C21H39NO2/c1-4-11-20(2,3)18-8-12-21(13-9-18)23-17-19(24-21)10-16-22-14-6-5-7-15-22/h18-19H,4-17H2,1-3H3. The van der Waals surface area contributed by atoms with Gasteiger partial charge in [0.1, 0.15) is 0 Å². The molecule has 1 saturated carbocycles. The zero-order valence-corrected chi connectivity index (χ0v) is 16.3. The molecule has 0 radical (unpaired) electrons. The molecule has 24 heavy (non-hydrogen) atoms. The van der Waals surface area contributed by atoms with Crippen molar-refractivity contribution in [2.75, 3.05) is 26.2 Å². The molecule has 3 fully saturated rings. The van der Waals surface area contributed by atoms with Gasteiger partial charge >= 0.3 is 0 Å². The van der Waals surface area contributed by atoms with Crippen molar-refractivity contribution in [1.29, 1.82) is 0 Å². The lowest BCUT2D eigenvalue weighted by Gasteiger charge is -2.42. The molecule has 0 bridgehead atoms. The van der Waals surface area contributed by atoms with Gasteiger partial charge in [0, 0.05) is 19.4 Å². The molecule has 3 rings (SSSR count). The van der Waals surface area contributed by atoms with E-state index < -0.39 is 0 Å². The minimum atomic E-state index is -0.231. The fraction of sp³-hybridized carbons (Fsp3) is 1.00. The summed E-state index contributed by atoms with van der Waals surface area (Å²) >= 11 is 0. The lowest BCUT2D eigenvalue weighted by molar-refractivity contribution is -0.197. The van der Waals surface area contributed by atoms with E-state index in [0.717, 1.165) is 31.8 Å². The van der Waals surface area contributed by atoms with Gasteiger partial charge in [-0.15, -0.1) is 0 Å². The number of ether oxygens (including phenoxy) is 2. The van der Waals surface area contributed by atoms with E-state index in [1.165, 1.54) is 64.6 Å². The summed E-state index contributed by atoms with van der Waals surface area (Å²) in [6, 6.07) is 0. The van der Waals surface area contributed by atoms with Crippen LogP contribution in [0.4, 0.5) is 0 Å². The van der Waals surface area contributed by atoms with Crippen molar-refractivity contribution in [1.82, 2.24) is 4.90 Å². The van der Waals surface area contributed by atoms with Crippen LogP contribution in [-0.4, -0.2) is 43.0 Å². The molecule has 0 amide bonds. The molecule has 1 spiro atoms. The Hall–Kier alpha value is -0.120. The molecule has 3 heteroatoms. The molecule has 0 aromatic carbocycles. The first-order chi connectivity index (χ1) is 11.5. The molecule has 140 valence electrons. The predicted octanol–water partition coefficient (Wildman–Crippen LogP) is 4.99. The van der Waals surface area contributed by atoms with Gasteiger partial charge in [-0.25, -0.2) is 0 Å². The Balaban J connectivity index is 1.42. The molecule has 2 aliphatic heterocycles. The van der Waals surface area contributed by atoms with E-state index in [4.69, 9.17) is 9.47 Å². The van der Waals surface area contributed by atoms with E-state index in [1.54, 1.807) is 0 Å². The molecular weight excluding hydrogens is 298 g/mol. The third-order valence-corrected chi connectivity index (χ3v) is 6.88. The maximum absolute atomic E-state index is 6.45. The topological polar surface area (TPSA) is 21.7 Å². The largest absolute Gasteiger partial charge is 0.347 e. The Morgan fingerprint density at radius 3 is 2.46 bits per heavy atom. The molecule has 0 aromatic heterocycles. The number of hydrogen-bond donors (Lipinski definition) is 0. The van der Waals surface area contributed by atoms with E-state index in [1.807, 2.05) is 0 Å². The predicted molar refractivity (Wildman–Crippen MR) is 99.1 cm³/mol. The highest BCUT2D eigenvalue weighted by Crippen LogP contribution is 2.47. The summed E-state index contributed by atoms with van der Waals surface area (Å²) in [6.07, 6.45) is 13.0. The second-order valence-electron chi connectivity index (χ2n) is 9.17. The van der Waals surface area contributed by atoms with Crippen LogP contribution in [0.15, 0.2) is 0 Å². The summed E-state index contributed by atoms with van der Waals surface area (Å²) in [5, 5.41) is 0. The minimum absolute atomic E-state index is 0.231. The van der Waals surface area contributed by atoms with Gasteiger partial charge in [-0.2, -0.15) is 0 Å². The second kappa shape index (κ2) is 8.05. The monoisotopic (exact) mass is 337 g/mol. The molecule has 1 unspecified atom stereocenters. The van der Waals surface area contributed by atoms with Gasteiger partial charge in [0.15, 0.2) is 5.79 Å².